The summed E-state index contributed by atoms with van der Waals surface area (Å²) in [5.41, 5.74) is 0.705. The van der Waals surface area contributed by atoms with Crippen molar-refractivity contribution in [3.63, 3.8) is 0 Å². The third-order valence-electron chi connectivity index (χ3n) is 5.17. The van der Waals surface area contributed by atoms with Gasteiger partial charge in [0.1, 0.15) is 5.75 Å². The number of rotatable bonds is 9. The van der Waals surface area contributed by atoms with E-state index in [2.05, 4.69) is 10.2 Å². The Morgan fingerprint density at radius 2 is 1.84 bits per heavy atom. The Kier molecular flexibility index (Phi) is 6.70. The minimum atomic E-state index is 0.00977. The van der Waals surface area contributed by atoms with Crippen LogP contribution in [0.5, 0.6) is 5.75 Å². The minimum absolute atomic E-state index is 0.00977. The molecule has 5 nitrogen and oxygen atoms in total. The third kappa shape index (κ3) is 6.01. The van der Waals surface area contributed by atoms with Crippen LogP contribution in [0.4, 0.5) is 0 Å². The van der Waals surface area contributed by atoms with Gasteiger partial charge >= 0.3 is 0 Å². The Labute approximate surface area is 150 Å². The summed E-state index contributed by atoms with van der Waals surface area (Å²) >= 11 is 0. The lowest BCUT2D eigenvalue weighted by Gasteiger charge is -2.31. The third-order valence-corrected chi connectivity index (χ3v) is 5.17. The Morgan fingerprint density at radius 3 is 2.48 bits per heavy atom. The van der Waals surface area contributed by atoms with Gasteiger partial charge < -0.3 is 19.7 Å². The molecule has 1 N–H and O–H groups in total. The maximum atomic E-state index is 12.3. The molecule has 3 rings (SSSR count). The smallest absolute Gasteiger partial charge is 0.251 e. The number of ether oxygens (including phenoxy) is 2. The van der Waals surface area contributed by atoms with E-state index in [1.165, 1.54) is 12.8 Å². The fraction of sp³-hybridized carbons (Fsp3) is 0.650. The Balaban J connectivity index is 1.36. The molecule has 5 heteroatoms. The van der Waals surface area contributed by atoms with Crippen LogP contribution >= 0.6 is 0 Å². The quantitative estimate of drug-likeness (QED) is 0.747. The van der Waals surface area contributed by atoms with Crippen molar-refractivity contribution >= 4 is 5.91 Å². The summed E-state index contributed by atoms with van der Waals surface area (Å²) < 4.78 is 10.8. The van der Waals surface area contributed by atoms with Gasteiger partial charge in [-0.15, -0.1) is 0 Å². The van der Waals surface area contributed by atoms with Crippen LogP contribution in [0.2, 0.25) is 0 Å². The summed E-state index contributed by atoms with van der Waals surface area (Å²) in [6, 6.07) is 7.49. The van der Waals surface area contributed by atoms with Gasteiger partial charge in [-0.3, -0.25) is 4.79 Å². The molecule has 1 aliphatic heterocycles. The molecule has 1 heterocycles. The topological polar surface area (TPSA) is 50.8 Å². The molecular weight excluding hydrogens is 316 g/mol. The number of carbonyl (C=O) groups is 1. The molecule has 2 fully saturated rings. The average molecular weight is 346 g/mol. The summed E-state index contributed by atoms with van der Waals surface area (Å²) in [6.07, 6.45) is 4.84. The lowest BCUT2D eigenvalue weighted by molar-refractivity contribution is 0.0926. The molecule has 1 aromatic carbocycles. The molecule has 0 atom stereocenters. The standard InChI is InChI=1S/C20H30N2O3/c1-24-13-12-22-10-8-16(9-11-22)14-21-20(23)18-4-6-19(7-5-18)25-15-17-2-3-17/h4-7,16-17H,2-3,8-15H2,1H3,(H,21,23). The first-order valence-electron chi connectivity index (χ1n) is 9.47. The van der Waals surface area contributed by atoms with Crippen LogP contribution < -0.4 is 10.1 Å². The van der Waals surface area contributed by atoms with E-state index in [0.717, 1.165) is 63.9 Å². The first-order valence-corrected chi connectivity index (χ1v) is 9.47. The number of nitrogens with one attached hydrogen (secondary N) is 1. The molecule has 25 heavy (non-hydrogen) atoms. The SMILES string of the molecule is COCCN1CCC(CNC(=O)c2ccc(OCC3CC3)cc2)CC1. The van der Waals surface area contributed by atoms with Crippen LogP contribution in [0.3, 0.4) is 0 Å². The van der Waals surface area contributed by atoms with Crippen LogP contribution in [0, 0.1) is 11.8 Å². The summed E-state index contributed by atoms with van der Waals surface area (Å²) in [6.45, 7) is 5.55. The van der Waals surface area contributed by atoms with Crippen molar-refractivity contribution in [2.45, 2.75) is 25.7 Å². The Hall–Kier alpha value is -1.59. The molecule has 1 saturated heterocycles. The van der Waals surface area contributed by atoms with Gasteiger partial charge in [-0.25, -0.2) is 0 Å². The maximum absolute atomic E-state index is 12.3. The lowest BCUT2D eigenvalue weighted by atomic mass is 9.96. The van der Waals surface area contributed by atoms with E-state index in [-0.39, 0.29) is 5.91 Å². The normalized spacial score (nSPS) is 18.9. The van der Waals surface area contributed by atoms with E-state index in [0.29, 0.717) is 11.5 Å². The van der Waals surface area contributed by atoms with Crippen molar-refractivity contribution < 1.29 is 14.3 Å². The molecule has 1 aliphatic carbocycles. The Bertz CT molecular complexity index is 534. The second-order valence-electron chi connectivity index (χ2n) is 7.27. The first kappa shape index (κ1) is 18.2. The highest BCUT2D eigenvalue weighted by Gasteiger charge is 2.22. The van der Waals surface area contributed by atoms with Crippen molar-refractivity contribution in [2.75, 3.05) is 46.5 Å². The first-order chi connectivity index (χ1) is 12.2. The van der Waals surface area contributed by atoms with E-state index in [9.17, 15) is 4.79 Å². The number of hydrogen-bond donors (Lipinski definition) is 1. The molecule has 0 aromatic heterocycles. The molecule has 0 unspecified atom stereocenters. The number of nitrogens with zero attached hydrogens (tertiary/aromatic N) is 1. The molecular formula is C20H30N2O3. The van der Waals surface area contributed by atoms with Crippen LogP contribution in [0.25, 0.3) is 0 Å². The van der Waals surface area contributed by atoms with E-state index in [1.54, 1.807) is 7.11 Å². The maximum Gasteiger partial charge on any atom is 0.251 e. The molecule has 0 spiro atoms. The second kappa shape index (κ2) is 9.20. The average Bonchev–Trinajstić information content (AvgIpc) is 3.48. The zero-order chi connectivity index (χ0) is 17.5. The number of amides is 1. The molecule has 1 saturated carbocycles. The predicted octanol–water partition coefficient (Wildman–Crippen LogP) is 2.56. The van der Waals surface area contributed by atoms with Crippen molar-refractivity contribution in [3.05, 3.63) is 29.8 Å². The summed E-state index contributed by atoms with van der Waals surface area (Å²) in [4.78, 5) is 14.7. The van der Waals surface area contributed by atoms with Gasteiger partial charge in [0.05, 0.1) is 13.2 Å². The van der Waals surface area contributed by atoms with Gasteiger partial charge in [0.25, 0.3) is 5.91 Å². The number of carbonyl (C=O) groups excluding carboxylic acids is 1. The van der Waals surface area contributed by atoms with Gasteiger partial charge in [-0.2, -0.15) is 0 Å². The molecule has 0 bridgehead atoms. The largest absolute Gasteiger partial charge is 0.493 e. The van der Waals surface area contributed by atoms with Crippen LogP contribution in [0.15, 0.2) is 24.3 Å². The van der Waals surface area contributed by atoms with Gasteiger partial charge in [0, 0.05) is 25.8 Å². The van der Waals surface area contributed by atoms with Crippen molar-refractivity contribution in [2.24, 2.45) is 11.8 Å². The van der Waals surface area contributed by atoms with E-state index < -0.39 is 0 Å². The van der Waals surface area contributed by atoms with E-state index >= 15 is 0 Å². The summed E-state index contributed by atoms with van der Waals surface area (Å²) in [5.74, 6) is 2.18. The molecule has 1 aromatic rings. The van der Waals surface area contributed by atoms with E-state index in [4.69, 9.17) is 9.47 Å². The zero-order valence-corrected chi connectivity index (χ0v) is 15.2. The number of likely N-dealkylation sites (tertiary alicyclic amines) is 1. The number of hydrogen-bond acceptors (Lipinski definition) is 4. The molecule has 1 amide bonds. The van der Waals surface area contributed by atoms with Crippen LogP contribution in [-0.4, -0.2) is 57.3 Å². The fourth-order valence-electron chi connectivity index (χ4n) is 3.17. The lowest BCUT2D eigenvalue weighted by Crippen LogP contribution is -2.39. The van der Waals surface area contributed by atoms with Crippen LogP contribution in [0.1, 0.15) is 36.0 Å². The van der Waals surface area contributed by atoms with E-state index in [1.807, 2.05) is 24.3 Å². The summed E-state index contributed by atoms with van der Waals surface area (Å²) in [5, 5.41) is 3.08. The van der Waals surface area contributed by atoms with Gasteiger partial charge in [-0.1, -0.05) is 0 Å². The number of methoxy groups -OCH3 is 1. The second-order valence-corrected chi connectivity index (χ2v) is 7.27. The highest BCUT2D eigenvalue weighted by Crippen LogP contribution is 2.29. The minimum Gasteiger partial charge on any atom is -0.493 e. The van der Waals surface area contributed by atoms with Crippen molar-refractivity contribution in [1.82, 2.24) is 10.2 Å². The predicted molar refractivity (Wildman–Crippen MR) is 98.0 cm³/mol. The van der Waals surface area contributed by atoms with Gasteiger partial charge in [0.15, 0.2) is 0 Å². The number of benzene rings is 1. The molecule has 0 radical (unpaired) electrons. The molecule has 2 aliphatic rings. The van der Waals surface area contributed by atoms with Crippen LogP contribution in [-0.2, 0) is 4.74 Å². The zero-order valence-electron chi connectivity index (χ0n) is 15.2. The summed E-state index contributed by atoms with van der Waals surface area (Å²) in [7, 11) is 1.74. The highest BCUT2D eigenvalue weighted by atomic mass is 16.5. The van der Waals surface area contributed by atoms with Crippen molar-refractivity contribution in [3.8, 4) is 5.75 Å². The number of piperidine rings is 1. The Morgan fingerprint density at radius 1 is 1.12 bits per heavy atom. The fourth-order valence-corrected chi connectivity index (χ4v) is 3.17. The monoisotopic (exact) mass is 346 g/mol. The van der Waals surface area contributed by atoms with Gasteiger partial charge in [0.2, 0.25) is 0 Å². The highest BCUT2D eigenvalue weighted by molar-refractivity contribution is 5.94. The van der Waals surface area contributed by atoms with Gasteiger partial charge in [-0.05, 0) is 74.9 Å². The molecule has 138 valence electrons. The van der Waals surface area contributed by atoms with Crippen molar-refractivity contribution in [1.29, 1.82) is 0 Å².